The maximum atomic E-state index is 12.4. The Balaban J connectivity index is 1.23. The third kappa shape index (κ3) is 5.92. The summed E-state index contributed by atoms with van der Waals surface area (Å²) in [5.74, 6) is 0.968. The van der Waals surface area contributed by atoms with Crippen LogP contribution < -0.4 is 10.6 Å². The maximum Gasteiger partial charge on any atom is 0.250 e. The summed E-state index contributed by atoms with van der Waals surface area (Å²) < 4.78 is 11.7. The molecule has 0 aliphatic heterocycles. The molecular formula is C28H18Cl3N3O3S. The second-order valence-corrected chi connectivity index (χ2v) is 9.95. The molecule has 190 valence electrons. The molecule has 0 bridgehead atoms. The number of fused-ring (bicyclic) bond motifs is 1. The predicted octanol–water partition coefficient (Wildman–Crippen LogP) is 8.55. The highest BCUT2D eigenvalue weighted by atomic mass is 35.5. The number of nitrogens with one attached hydrogen (secondary N) is 2. The fourth-order valence-corrected chi connectivity index (χ4v) is 4.58. The lowest BCUT2D eigenvalue weighted by Crippen LogP contribution is -2.32. The number of anilines is 1. The van der Waals surface area contributed by atoms with Crippen molar-refractivity contribution in [3.63, 3.8) is 0 Å². The van der Waals surface area contributed by atoms with Gasteiger partial charge in [-0.25, -0.2) is 4.98 Å². The van der Waals surface area contributed by atoms with E-state index in [-0.39, 0.29) is 5.11 Å². The van der Waals surface area contributed by atoms with Crippen LogP contribution in [0, 0.1) is 6.92 Å². The molecule has 2 aromatic heterocycles. The van der Waals surface area contributed by atoms with E-state index < -0.39 is 5.91 Å². The number of hydrogen-bond acceptors (Lipinski definition) is 5. The second-order valence-electron chi connectivity index (χ2n) is 8.29. The summed E-state index contributed by atoms with van der Waals surface area (Å²) in [5.41, 5.74) is 4.36. The number of aryl methyl sites for hydroxylation is 1. The Labute approximate surface area is 238 Å². The number of thiocarbonyl (C=S) groups is 1. The van der Waals surface area contributed by atoms with Gasteiger partial charge in [-0.2, -0.15) is 0 Å². The molecule has 0 unspecified atom stereocenters. The molecule has 0 aliphatic carbocycles. The van der Waals surface area contributed by atoms with Crippen LogP contribution in [0.2, 0.25) is 15.1 Å². The Morgan fingerprint density at radius 3 is 2.58 bits per heavy atom. The minimum atomic E-state index is -0.437. The number of oxazole rings is 1. The Bertz CT molecular complexity index is 1730. The summed E-state index contributed by atoms with van der Waals surface area (Å²) in [6, 6.07) is 19.6. The van der Waals surface area contributed by atoms with Crippen molar-refractivity contribution in [3.05, 3.63) is 99.2 Å². The number of carbonyl (C=O) groups is 1. The number of halogens is 3. The van der Waals surface area contributed by atoms with Crippen LogP contribution in [0.4, 0.5) is 5.69 Å². The first-order chi connectivity index (χ1) is 18.2. The third-order valence-corrected chi connectivity index (χ3v) is 6.54. The predicted molar refractivity (Wildman–Crippen MR) is 157 cm³/mol. The summed E-state index contributed by atoms with van der Waals surface area (Å²) in [6.45, 7) is 1.98. The third-order valence-electron chi connectivity index (χ3n) is 5.46. The summed E-state index contributed by atoms with van der Waals surface area (Å²) in [5, 5.41) is 7.14. The molecule has 0 fully saturated rings. The smallest absolute Gasteiger partial charge is 0.250 e. The zero-order valence-corrected chi connectivity index (χ0v) is 22.8. The number of hydrogen-bond donors (Lipinski definition) is 2. The van der Waals surface area contributed by atoms with Crippen LogP contribution in [0.15, 0.2) is 81.6 Å². The maximum absolute atomic E-state index is 12.4. The normalized spacial score (nSPS) is 11.3. The van der Waals surface area contributed by atoms with E-state index in [4.69, 9.17) is 55.9 Å². The van der Waals surface area contributed by atoms with Gasteiger partial charge < -0.3 is 14.2 Å². The van der Waals surface area contributed by atoms with Gasteiger partial charge in [-0.3, -0.25) is 10.1 Å². The van der Waals surface area contributed by atoms with Crippen LogP contribution in [0.25, 0.3) is 40.0 Å². The number of furan rings is 1. The van der Waals surface area contributed by atoms with Gasteiger partial charge in [0.05, 0.1) is 15.6 Å². The minimum absolute atomic E-state index is 0.106. The van der Waals surface area contributed by atoms with E-state index in [0.717, 1.165) is 11.1 Å². The van der Waals surface area contributed by atoms with Gasteiger partial charge in [-0.1, -0.05) is 40.9 Å². The number of amides is 1. The van der Waals surface area contributed by atoms with E-state index in [1.807, 2.05) is 25.1 Å². The molecule has 0 radical (unpaired) electrons. The van der Waals surface area contributed by atoms with E-state index in [0.29, 0.717) is 54.9 Å². The summed E-state index contributed by atoms with van der Waals surface area (Å²) in [6.07, 6.45) is 2.84. The fourth-order valence-electron chi connectivity index (χ4n) is 3.66. The number of nitrogens with zero attached hydrogens (tertiary/aromatic N) is 1. The Kier molecular flexibility index (Phi) is 7.53. The van der Waals surface area contributed by atoms with Crippen molar-refractivity contribution in [3.8, 4) is 22.8 Å². The molecule has 0 saturated heterocycles. The molecule has 5 rings (SSSR count). The molecule has 1 amide bonds. The van der Waals surface area contributed by atoms with Gasteiger partial charge >= 0.3 is 0 Å². The van der Waals surface area contributed by atoms with Crippen molar-refractivity contribution in [2.45, 2.75) is 6.92 Å². The van der Waals surface area contributed by atoms with Crippen LogP contribution in [0.1, 0.15) is 11.3 Å². The SMILES string of the molecule is Cc1ccc2nc(-c3cc(NC(=S)NC(=O)/C=C/c4ccc(-c5ccc(Cl)cc5Cl)o4)ccc3Cl)oc2c1. The molecule has 38 heavy (non-hydrogen) atoms. The number of aromatic nitrogens is 1. The summed E-state index contributed by atoms with van der Waals surface area (Å²) in [7, 11) is 0. The lowest BCUT2D eigenvalue weighted by molar-refractivity contribution is -0.115. The first-order valence-electron chi connectivity index (χ1n) is 11.3. The largest absolute Gasteiger partial charge is 0.457 e. The zero-order valence-electron chi connectivity index (χ0n) is 19.7. The molecule has 5 aromatic rings. The lowest BCUT2D eigenvalue weighted by Gasteiger charge is -2.09. The van der Waals surface area contributed by atoms with Gasteiger partial charge in [0.25, 0.3) is 0 Å². The summed E-state index contributed by atoms with van der Waals surface area (Å²) in [4.78, 5) is 16.9. The van der Waals surface area contributed by atoms with Crippen LogP contribution in [-0.4, -0.2) is 16.0 Å². The molecule has 0 atom stereocenters. The number of carbonyl (C=O) groups excluding carboxylic acids is 1. The van der Waals surface area contributed by atoms with Crippen LogP contribution >= 0.6 is 47.0 Å². The average Bonchev–Trinajstić information content (AvgIpc) is 3.50. The van der Waals surface area contributed by atoms with Gasteiger partial charge in [0.2, 0.25) is 11.8 Å². The highest BCUT2D eigenvalue weighted by molar-refractivity contribution is 7.80. The van der Waals surface area contributed by atoms with E-state index >= 15 is 0 Å². The van der Waals surface area contributed by atoms with Crippen molar-refractivity contribution in [1.82, 2.24) is 10.3 Å². The van der Waals surface area contributed by atoms with Gasteiger partial charge in [0, 0.05) is 22.3 Å². The number of rotatable bonds is 5. The second kappa shape index (κ2) is 11.0. The zero-order chi connectivity index (χ0) is 26.8. The van der Waals surface area contributed by atoms with E-state index in [2.05, 4.69) is 15.6 Å². The molecule has 3 aromatic carbocycles. The summed E-state index contributed by atoms with van der Waals surface area (Å²) >= 11 is 23.9. The van der Waals surface area contributed by atoms with Crippen LogP contribution in [0.5, 0.6) is 0 Å². The fraction of sp³-hybridized carbons (Fsp3) is 0.0357. The number of benzene rings is 3. The molecule has 0 spiro atoms. The molecule has 0 aliphatic rings. The van der Waals surface area contributed by atoms with Crippen molar-refractivity contribution in [2.24, 2.45) is 0 Å². The van der Waals surface area contributed by atoms with Gasteiger partial charge in [-0.15, -0.1) is 0 Å². The standard InChI is InChI=1S/C28H18Cl3N3O3S/c1-15-2-9-23-25(12-15)37-27(33-23)20-14-17(4-8-21(20)30)32-28(38)34-26(35)11-6-18-5-10-24(36-18)19-7-3-16(29)13-22(19)31/h2-14H,1H3,(H2,32,34,35,38)/b11-6+. The monoisotopic (exact) mass is 581 g/mol. The molecule has 0 saturated carbocycles. The molecule has 2 heterocycles. The highest BCUT2D eigenvalue weighted by Crippen LogP contribution is 2.33. The Hall–Kier alpha value is -3.62. The van der Waals surface area contributed by atoms with Crippen molar-refractivity contribution < 1.29 is 13.6 Å². The van der Waals surface area contributed by atoms with Crippen LogP contribution in [-0.2, 0) is 4.79 Å². The first kappa shape index (κ1) is 26.0. The highest BCUT2D eigenvalue weighted by Gasteiger charge is 2.14. The van der Waals surface area contributed by atoms with Gasteiger partial charge in [0.1, 0.15) is 17.0 Å². The quantitative estimate of drug-likeness (QED) is 0.160. The molecular weight excluding hydrogens is 565 g/mol. The van der Waals surface area contributed by atoms with E-state index in [9.17, 15) is 4.79 Å². The average molecular weight is 583 g/mol. The van der Waals surface area contributed by atoms with Gasteiger partial charge in [-0.05, 0) is 91.4 Å². The van der Waals surface area contributed by atoms with Crippen molar-refractivity contribution in [2.75, 3.05) is 5.32 Å². The Morgan fingerprint density at radius 2 is 1.76 bits per heavy atom. The molecule has 6 nitrogen and oxygen atoms in total. The minimum Gasteiger partial charge on any atom is -0.457 e. The molecule has 10 heteroatoms. The van der Waals surface area contributed by atoms with Crippen LogP contribution in [0.3, 0.4) is 0 Å². The topological polar surface area (TPSA) is 80.3 Å². The van der Waals surface area contributed by atoms with Gasteiger partial charge in [0.15, 0.2) is 10.7 Å². The first-order valence-corrected chi connectivity index (χ1v) is 12.8. The lowest BCUT2D eigenvalue weighted by atomic mass is 10.2. The Morgan fingerprint density at radius 1 is 0.921 bits per heavy atom. The molecule has 2 N–H and O–H groups in total. The van der Waals surface area contributed by atoms with E-state index in [1.54, 1.807) is 48.5 Å². The van der Waals surface area contributed by atoms with Crippen molar-refractivity contribution >= 4 is 80.9 Å². The van der Waals surface area contributed by atoms with Crippen molar-refractivity contribution in [1.29, 1.82) is 0 Å². The van der Waals surface area contributed by atoms with E-state index in [1.165, 1.54) is 12.2 Å².